The number of nitrogens with zero attached hydrogens (tertiary/aromatic N) is 4. The molecule has 1 heterocycles. The van der Waals surface area contributed by atoms with Crippen LogP contribution in [-0.2, 0) is 0 Å². The molecule has 18 heavy (non-hydrogen) atoms. The predicted molar refractivity (Wildman–Crippen MR) is 65.9 cm³/mol. The number of nitriles is 1. The van der Waals surface area contributed by atoms with Gasteiger partial charge in [0.15, 0.2) is 11.6 Å². The maximum Gasteiger partial charge on any atom is 0.187 e. The van der Waals surface area contributed by atoms with Crippen LogP contribution in [0.1, 0.15) is 11.3 Å². The van der Waals surface area contributed by atoms with Crippen LogP contribution in [0.4, 0.5) is 15.9 Å². The molecule has 0 saturated carbocycles. The minimum absolute atomic E-state index is 0.192. The van der Waals surface area contributed by atoms with Crippen LogP contribution in [0.3, 0.4) is 0 Å². The summed E-state index contributed by atoms with van der Waals surface area (Å²) in [5, 5.41) is 8.84. The summed E-state index contributed by atoms with van der Waals surface area (Å²) in [7, 11) is 1.70. The number of aromatic nitrogens is 2. The van der Waals surface area contributed by atoms with Crippen molar-refractivity contribution in [1.29, 1.82) is 5.26 Å². The lowest BCUT2D eigenvalue weighted by molar-refractivity contribution is 0.601. The Balaban J connectivity index is 2.45. The first kappa shape index (κ1) is 12.0. The highest BCUT2D eigenvalue weighted by Gasteiger charge is 2.13. The molecular weight excluding hydrogens is 231 g/mol. The molecule has 0 radical (unpaired) electrons. The lowest BCUT2D eigenvalue weighted by Crippen LogP contribution is -2.14. The Hall–Kier alpha value is -2.48. The van der Waals surface area contributed by atoms with Gasteiger partial charge in [0.1, 0.15) is 6.33 Å². The fourth-order valence-corrected chi connectivity index (χ4v) is 1.59. The van der Waals surface area contributed by atoms with Gasteiger partial charge in [0.05, 0.1) is 17.3 Å². The van der Waals surface area contributed by atoms with Crippen LogP contribution < -0.4 is 4.90 Å². The molecule has 0 saturated heterocycles. The van der Waals surface area contributed by atoms with Crippen molar-refractivity contribution in [2.75, 3.05) is 11.9 Å². The summed E-state index contributed by atoms with van der Waals surface area (Å²) in [5.41, 5.74) is 1.51. The molecule has 1 aromatic carbocycles. The van der Waals surface area contributed by atoms with Crippen LogP contribution in [0.15, 0.2) is 30.6 Å². The van der Waals surface area contributed by atoms with E-state index in [0.717, 1.165) is 0 Å². The first-order chi connectivity index (χ1) is 8.63. The number of hydrogen-bond acceptors (Lipinski definition) is 4. The highest BCUT2D eigenvalue weighted by molar-refractivity contribution is 5.61. The molecule has 0 atom stereocenters. The van der Waals surface area contributed by atoms with Gasteiger partial charge in [0.25, 0.3) is 0 Å². The van der Waals surface area contributed by atoms with E-state index < -0.39 is 5.82 Å². The summed E-state index contributed by atoms with van der Waals surface area (Å²) in [6, 6.07) is 8.95. The van der Waals surface area contributed by atoms with Crippen LogP contribution in [0.5, 0.6) is 0 Å². The molecule has 0 bridgehead atoms. The van der Waals surface area contributed by atoms with Crippen LogP contribution in [0, 0.1) is 24.1 Å². The van der Waals surface area contributed by atoms with Crippen molar-refractivity contribution in [2.45, 2.75) is 6.92 Å². The molecule has 0 aliphatic carbocycles. The van der Waals surface area contributed by atoms with Gasteiger partial charge in [0, 0.05) is 12.7 Å². The minimum atomic E-state index is -0.456. The monoisotopic (exact) mass is 242 g/mol. The second kappa shape index (κ2) is 4.80. The van der Waals surface area contributed by atoms with E-state index in [-0.39, 0.29) is 5.82 Å². The third-order valence-electron chi connectivity index (χ3n) is 2.63. The normalized spacial score (nSPS) is 9.89. The Morgan fingerprint density at radius 2 is 2.11 bits per heavy atom. The topological polar surface area (TPSA) is 52.8 Å². The highest BCUT2D eigenvalue weighted by Crippen LogP contribution is 2.25. The largest absolute Gasteiger partial charge is 0.327 e. The zero-order valence-electron chi connectivity index (χ0n) is 10.1. The maximum atomic E-state index is 13.9. The Bertz CT molecular complexity index is 619. The molecular formula is C13H11FN4. The summed E-state index contributed by atoms with van der Waals surface area (Å²) in [6.07, 6.45) is 1.32. The standard InChI is InChI=1S/C13H11FN4/c1-9-12(14)13(17-8-16-9)18(2)11-5-3-4-10(6-11)7-15/h3-6,8H,1-2H3. The van der Waals surface area contributed by atoms with Crippen molar-refractivity contribution in [1.82, 2.24) is 9.97 Å². The Morgan fingerprint density at radius 1 is 1.33 bits per heavy atom. The van der Waals surface area contributed by atoms with E-state index in [2.05, 4.69) is 9.97 Å². The fraction of sp³-hybridized carbons (Fsp3) is 0.154. The van der Waals surface area contributed by atoms with Gasteiger partial charge in [-0.1, -0.05) is 6.07 Å². The number of benzene rings is 1. The van der Waals surface area contributed by atoms with Gasteiger partial charge < -0.3 is 4.90 Å². The molecule has 2 aromatic rings. The van der Waals surface area contributed by atoms with Crippen molar-refractivity contribution >= 4 is 11.5 Å². The highest BCUT2D eigenvalue weighted by atomic mass is 19.1. The maximum absolute atomic E-state index is 13.9. The average Bonchev–Trinajstić information content (AvgIpc) is 2.41. The van der Waals surface area contributed by atoms with Crippen LogP contribution in [-0.4, -0.2) is 17.0 Å². The zero-order valence-corrected chi connectivity index (χ0v) is 10.1. The SMILES string of the molecule is Cc1ncnc(N(C)c2cccc(C#N)c2)c1F. The number of halogens is 1. The summed E-state index contributed by atoms with van der Waals surface area (Å²) in [6.45, 7) is 1.58. The predicted octanol–water partition coefficient (Wildman–Crippen LogP) is 2.56. The van der Waals surface area contributed by atoms with Crippen molar-refractivity contribution in [3.8, 4) is 6.07 Å². The molecule has 1 aromatic heterocycles. The molecule has 0 N–H and O–H groups in total. The van der Waals surface area contributed by atoms with Crippen LogP contribution in [0.25, 0.3) is 0 Å². The van der Waals surface area contributed by atoms with Crippen molar-refractivity contribution in [3.05, 3.63) is 47.7 Å². The first-order valence-corrected chi connectivity index (χ1v) is 5.34. The summed E-state index contributed by atoms with van der Waals surface area (Å²) in [5.74, 6) is -0.264. The Kier molecular flexibility index (Phi) is 3.20. The number of aryl methyl sites for hydroxylation is 1. The summed E-state index contributed by atoms with van der Waals surface area (Å²) >= 11 is 0. The molecule has 0 spiro atoms. The second-order valence-electron chi connectivity index (χ2n) is 3.82. The van der Waals surface area contributed by atoms with Gasteiger partial charge in [-0.3, -0.25) is 0 Å². The lowest BCUT2D eigenvalue weighted by atomic mass is 10.2. The Labute approximate surface area is 104 Å². The lowest BCUT2D eigenvalue weighted by Gasteiger charge is -2.19. The van der Waals surface area contributed by atoms with E-state index in [1.165, 1.54) is 6.33 Å². The smallest absolute Gasteiger partial charge is 0.187 e. The van der Waals surface area contributed by atoms with Crippen molar-refractivity contribution in [3.63, 3.8) is 0 Å². The molecule has 2 rings (SSSR count). The molecule has 90 valence electrons. The summed E-state index contributed by atoms with van der Waals surface area (Å²) < 4.78 is 13.9. The zero-order chi connectivity index (χ0) is 13.1. The van der Waals surface area contributed by atoms with Gasteiger partial charge in [-0.25, -0.2) is 14.4 Å². The minimum Gasteiger partial charge on any atom is -0.327 e. The number of rotatable bonds is 2. The van der Waals surface area contributed by atoms with Gasteiger partial charge in [-0.2, -0.15) is 5.26 Å². The average molecular weight is 242 g/mol. The van der Waals surface area contributed by atoms with E-state index in [1.807, 2.05) is 6.07 Å². The summed E-state index contributed by atoms with van der Waals surface area (Å²) in [4.78, 5) is 9.30. The number of hydrogen-bond donors (Lipinski definition) is 0. The van der Waals surface area contributed by atoms with E-state index in [1.54, 1.807) is 43.1 Å². The van der Waals surface area contributed by atoms with E-state index in [9.17, 15) is 4.39 Å². The van der Waals surface area contributed by atoms with Crippen LogP contribution >= 0.6 is 0 Å². The third-order valence-corrected chi connectivity index (χ3v) is 2.63. The third kappa shape index (κ3) is 2.13. The van der Waals surface area contributed by atoms with E-state index in [0.29, 0.717) is 16.9 Å². The van der Waals surface area contributed by atoms with E-state index in [4.69, 9.17) is 5.26 Å². The van der Waals surface area contributed by atoms with Crippen molar-refractivity contribution < 1.29 is 4.39 Å². The Morgan fingerprint density at radius 3 is 2.83 bits per heavy atom. The fourth-order valence-electron chi connectivity index (χ4n) is 1.59. The molecule has 5 heteroatoms. The molecule has 4 nitrogen and oxygen atoms in total. The van der Waals surface area contributed by atoms with Gasteiger partial charge in [-0.15, -0.1) is 0 Å². The van der Waals surface area contributed by atoms with Crippen LogP contribution in [0.2, 0.25) is 0 Å². The van der Waals surface area contributed by atoms with Gasteiger partial charge >= 0.3 is 0 Å². The first-order valence-electron chi connectivity index (χ1n) is 5.34. The molecule has 0 aliphatic rings. The van der Waals surface area contributed by atoms with Crippen molar-refractivity contribution in [2.24, 2.45) is 0 Å². The quantitative estimate of drug-likeness (QED) is 0.812. The van der Waals surface area contributed by atoms with Gasteiger partial charge in [-0.05, 0) is 25.1 Å². The number of anilines is 2. The molecule has 0 fully saturated rings. The molecule has 0 amide bonds. The van der Waals surface area contributed by atoms with E-state index >= 15 is 0 Å². The molecule has 0 aliphatic heterocycles. The molecule has 0 unspecified atom stereocenters. The second-order valence-corrected chi connectivity index (χ2v) is 3.82. The van der Waals surface area contributed by atoms with Gasteiger partial charge in [0.2, 0.25) is 0 Å².